The van der Waals surface area contributed by atoms with Crippen LogP contribution in [-0.4, -0.2) is 30.9 Å². The molecule has 3 rings (SSSR count). The van der Waals surface area contributed by atoms with Crippen molar-refractivity contribution in [2.75, 3.05) is 29.6 Å². The van der Waals surface area contributed by atoms with E-state index in [-0.39, 0.29) is 18.2 Å². The van der Waals surface area contributed by atoms with Crippen molar-refractivity contribution < 1.29 is 9.59 Å². The van der Waals surface area contributed by atoms with Crippen LogP contribution in [0.25, 0.3) is 0 Å². The van der Waals surface area contributed by atoms with Gasteiger partial charge >= 0.3 is 0 Å². The SMILES string of the molecule is CN(C)c1ccc(Cl)cc1NC(=O)Cc1csc(NC(=O)c2cccs2)n1. The average molecular weight is 421 g/mol. The highest BCUT2D eigenvalue weighted by Gasteiger charge is 2.14. The Morgan fingerprint density at radius 2 is 2.00 bits per heavy atom. The molecule has 0 fully saturated rings. The van der Waals surface area contributed by atoms with Crippen molar-refractivity contribution >= 4 is 62.6 Å². The minimum Gasteiger partial charge on any atom is -0.376 e. The Kier molecular flexibility index (Phi) is 6.10. The predicted molar refractivity (Wildman–Crippen MR) is 112 cm³/mol. The smallest absolute Gasteiger partial charge is 0.267 e. The standard InChI is InChI=1S/C18H17ClN4O2S2/c1-23(2)14-6-5-11(19)8-13(14)21-16(24)9-12-10-27-18(20-12)22-17(25)15-4-3-7-26-15/h3-8,10H,9H2,1-2H3,(H,21,24)(H,20,22,25). The molecule has 0 aliphatic heterocycles. The fraction of sp³-hybridized carbons (Fsp3) is 0.167. The van der Waals surface area contributed by atoms with E-state index in [0.717, 1.165) is 5.69 Å². The second kappa shape index (κ2) is 8.51. The summed E-state index contributed by atoms with van der Waals surface area (Å²) in [5.74, 6) is -0.410. The molecule has 1 aromatic carbocycles. The minimum atomic E-state index is -0.207. The van der Waals surface area contributed by atoms with Crippen molar-refractivity contribution in [3.63, 3.8) is 0 Å². The Labute approximate surface area is 169 Å². The third kappa shape index (κ3) is 5.06. The van der Waals surface area contributed by atoms with Gasteiger partial charge in [0.15, 0.2) is 5.13 Å². The van der Waals surface area contributed by atoms with Gasteiger partial charge in [-0.1, -0.05) is 17.7 Å². The van der Waals surface area contributed by atoms with Gasteiger partial charge in [0, 0.05) is 24.5 Å². The summed E-state index contributed by atoms with van der Waals surface area (Å²) >= 11 is 8.69. The van der Waals surface area contributed by atoms with E-state index >= 15 is 0 Å². The van der Waals surface area contributed by atoms with Gasteiger partial charge in [0.1, 0.15) is 0 Å². The van der Waals surface area contributed by atoms with E-state index in [1.807, 2.05) is 36.5 Å². The third-order valence-electron chi connectivity index (χ3n) is 3.57. The lowest BCUT2D eigenvalue weighted by atomic mass is 10.2. The average Bonchev–Trinajstić information content (AvgIpc) is 3.26. The second-order valence-electron chi connectivity index (χ2n) is 5.86. The van der Waals surface area contributed by atoms with Crippen LogP contribution < -0.4 is 15.5 Å². The topological polar surface area (TPSA) is 74.3 Å². The zero-order valence-electron chi connectivity index (χ0n) is 14.7. The third-order valence-corrected chi connectivity index (χ3v) is 5.48. The number of nitrogens with one attached hydrogen (secondary N) is 2. The second-order valence-corrected chi connectivity index (χ2v) is 8.10. The van der Waals surface area contributed by atoms with Crippen LogP contribution in [0, 0.1) is 0 Å². The van der Waals surface area contributed by atoms with Crippen LogP contribution in [-0.2, 0) is 11.2 Å². The quantitative estimate of drug-likeness (QED) is 0.621. The molecule has 0 unspecified atom stereocenters. The number of hydrogen-bond acceptors (Lipinski definition) is 6. The molecule has 0 spiro atoms. The Morgan fingerprint density at radius 3 is 2.70 bits per heavy atom. The van der Waals surface area contributed by atoms with Crippen LogP contribution in [0.3, 0.4) is 0 Å². The van der Waals surface area contributed by atoms with Crippen LogP contribution in [0.5, 0.6) is 0 Å². The first-order valence-corrected chi connectivity index (χ1v) is 10.1. The van der Waals surface area contributed by atoms with Crippen LogP contribution in [0.2, 0.25) is 5.02 Å². The molecule has 0 bridgehead atoms. The molecule has 9 heteroatoms. The van der Waals surface area contributed by atoms with Crippen molar-refractivity contribution in [1.82, 2.24) is 4.98 Å². The summed E-state index contributed by atoms with van der Waals surface area (Å²) in [6, 6.07) is 8.89. The van der Waals surface area contributed by atoms with E-state index in [9.17, 15) is 9.59 Å². The van der Waals surface area contributed by atoms with E-state index < -0.39 is 0 Å². The van der Waals surface area contributed by atoms with Gasteiger partial charge in [0.25, 0.3) is 5.91 Å². The number of rotatable bonds is 6. The number of aromatic nitrogens is 1. The maximum atomic E-state index is 12.4. The number of hydrogen-bond donors (Lipinski definition) is 2. The lowest BCUT2D eigenvalue weighted by molar-refractivity contribution is -0.115. The van der Waals surface area contributed by atoms with Gasteiger partial charge in [-0.25, -0.2) is 4.98 Å². The number of halogens is 1. The first kappa shape index (κ1) is 19.3. The summed E-state index contributed by atoms with van der Waals surface area (Å²) in [7, 11) is 3.78. The molecule has 0 aliphatic carbocycles. The molecule has 0 saturated heterocycles. The van der Waals surface area contributed by atoms with Crippen LogP contribution in [0.1, 0.15) is 15.4 Å². The summed E-state index contributed by atoms with van der Waals surface area (Å²) in [5, 5.41) is 10.2. The number of thiophene rings is 1. The van der Waals surface area contributed by atoms with Gasteiger partial charge in [-0.2, -0.15) is 0 Å². The number of nitrogens with zero attached hydrogens (tertiary/aromatic N) is 2. The van der Waals surface area contributed by atoms with Gasteiger partial charge in [-0.3, -0.25) is 14.9 Å². The van der Waals surface area contributed by atoms with Crippen LogP contribution in [0.15, 0.2) is 41.1 Å². The molecular weight excluding hydrogens is 404 g/mol. The van der Waals surface area contributed by atoms with E-state index in [4.69, 9.17) is 11.6 Å². The number of thiazole rings is 1. The minimum absolute atomic E-state index is 0.102. The van der Waals surface area contributed by atoms with Gasteiger partial charge in [0.2, 0.25) is 5.91 Å². The van der Waals surface area contributed by atoms with Crippen molar-refractivity contribution in [3.05, 3.63) is 56.7 Å². The normalized spacial score (nSPS) is 10.5. The Balaban J connectivity index is 1.63. The molecule has 0 atom stereocenters. The molecule has 0 aliphatic rings. The fourth-order valence-electron chi connectivity index (χ4n) is 2.37. The summed E-state index contributed by atoms with van der Waals surface area (Å²) in [4.78, 5) is 31.3. The first-order chi connectivity index (χ1) is 12.9. The number of benzene rings is 1. The number of carbonyl (C=O) groups excluding carboxylic acids is 2. The van der Waals surface area contributed by atoms with Crippen molar-refractivity contribution in [3.8, 4) is 0 Å². The predicted octanol–water partition coefficient (Wildman–Crippen LogP) is 4.36. The molecule has 6 nitrogen and oxygen atoms in total. The van der Waals surface area contributed by atoms with E-state index in [1.165, 1.54) is 22.7 Å². The Morgan fingerprint density at radius 1 is 1.19 bits per heavy atom. The molecule has 27 heavy (non-hydrogen) atoms. The Bertz CT molecular complexity index is 954. The monoisotopic (exact) mass is 420 g/mol. The van der Waals surface area contributed by atoms with Gasteiger partial charge in [-0.05, 0) is 29.6 Å². The zero-order valence-corrected chi connectivity index (χ0v) is 17.0. The number of amides is 2. The maximum Gasteiger partial charge on any atom is 0.267 e. The van der Waals surface area contributed by atoms with Gasteiger partial charge in [0.05, 0.1) is 28.4 Å². The molecule has 2 N–H and O–H groups in total. The van der Waals surface area contributed by atoms with Gasteiger partial charge < -0.3 is 10.2 Å². The molecule has 2 amide bonds. The van der Waals surface area contributed by atoms with Crippen LogP contribution >= 0.6 is 34.3 Å². The molecule has 0 saturated carbocycles. The Hall–Kier alpha value is -2.42. The highest BCUT2D eigenvalue weighted by Crippen LogP contribution is 2.28. The highest BCUT2D eigenvalue weighted by molar-refractivity contribution is 7.14. The lowest BCUT2D eigenvalue weighted by Gasteiger charge is -2.18. The number of carbonyl (C=O) groups is 2. The highest BCUT2D eigenvalue weighted by atomic mass is 35.5. The molecule has 2 aromatic heterocycles. The van der Waals surface area contributed by atoms with E-state index in [1.54, 1.807) is 23.6 Å². The zero-order chi connectivity index (χ0) is 19.4. The summed E-state index contributed by atoms with van der Waals surface area (Å²) < 4.78 is 0. The molecule has 0 radical (unpaired) electrons. The maximum absolute atomic E-state index is 12.4. The van der Waals surface area contributed by atoms with Crippen molar-refractivity contribution in [2.45, 2.75) is 6.42 Å². The summed E-state index contributed by atoms with van der Waals surface area (Å²) in [6.45, 7) is 0. The van der Waals surface area contributed by atoms with E-state index in [0.29, 0.717) is 26.4 Å². The largest absolute Gasteiger partial charge is 0.376 e. The molecule has 2 heterocycles. The summed E-state index contributed by atoms with van der Waals surface area (Å²) in [5.41, 5.74) is 2.08. The van der Waals surface area contributed by atoms with Crippen molar-refractivity contribution in [1.29, 1.82) is 0 Å². The summed E-state index contributed by atoms with van der Waals surface area (Å²) in [6.07, 6.45) is 0.102. The fourth-order valence-corrected chi connectivity index (χ4v) is 3.87. The van der Waals surface area contributed by atoms with Crippen molar-refractivity contribution in [2.24, 2.45) is 0 Å². The molecular formula is C18H17ClN4O2S2. The molecule has 3 aromatic rings. The first-order valence-electron chi connectivity index (χ1n) is 7.98. The number of anilines is 3. The van der Waals surface area contributed by atoms with Crippen LogP contribution in [0.4, 0.5) is 16.5 Å². The van der Waals surface area contributed by atoms with E-state index in [2.05, 4.69) is 15.6 Å². The van der Waals surface area contributed by atoms with Gasteiger partial charge in [-0.15, -0.1) is 22.7 Å². The molecule has 140 valence electrons. The lowest BCUT2D eigenvalue weighted by Crippen LogP contribution is -2.18.